The second-order valence-electron chi connectivity index (χ2n) is 11.6. The topological polar surface area (TPSA) is 129 Å². The Kier molecular flexibility index (Phi) is 7.38. The second-order valence-corrected chi connectivity index (χ2v) is 13.5. The molecule has 2 aromatic heterocycles. The summed E-state index contributed by atoms with van der Waals surface area (Å²) in [6, 6.07) is 3.85. The van der Waals surface area contributed by atoms with Crippen molar-refractivity contribution in [2.45, 2.75) is 76.0 Å². The normalized spacial score (nSPS) is 21.2. The van der Waals surface area contributed by atoms with Gasteiger partial charge in [0.15, 0.2) is 33.6 Å². The van der Waals surface area contributed by atoms with Crippen molar-refractivity contribution in [2.75, 3.05) is 19.1 Å². The third-order valence-electron chi connectivity index (χ3n) is 8.24. The van der Waals surface area contributed by atoms with Gasteiger partial charge in [-0.25, -0.2) is 19.7 Å². The smallest absolute Gasteiger partial charge is 0.407 e. The lowest BCUT2D eigenvalue weighted by Crippen LogP contribution is -2.65. The zero-order chi connectivity index (χ0) is 28.1. The number of rotatable bonds is 6. The predicted octanol–water partition coefficient (Wildman–Crippen LogP) is 6.27. The molecule has 1 amide bonds. The van der Waals surface area contributed by atoms with E-state index < -0.39 is 11.6 Å². The van der Waals surface area contributed by atoms with E-state index in [1.165, 1.54) is 18.1 Å². The van der Waals surface area contributed by atoms with E-state index in [0.717, 1.165) is 33.8 Å². The molecule has 12 heteroatoms. The van der Waals surface area contributed by atoms with Crippen LogP contribution >= 0.6 is 27.7 Å². The van der Waals surface area contributed by atoms with Crippen molar-refractivity contribution in [1.82, 2.24) is 24.4 Å². The van der Waals surface area contributed by atoms with Gasteiger partial charge < -0.3 is 29.8 Å². The average Bonchev–Trinajstić information content (AvgIpc) is 3.46. The van der Waals surface area contributed by atoms with E-state index in [-0.39, 0.29) is 18.1 Å². The molecular weight excluding hydrogens is 584 g/mol. The van der Waals surface area contributed by atoms with Gasteiger partial charge in [-0.15, -0.1) is 0 Å². The van der Waals surface area contributed by atoms with Crippen LogP contribution in [0.3, 0.4) is 0 Å². The number of nitrogens with zero attached hydrogens (tertiary/aromatic N) is 5. The van der Waals surface area contributed by atoms with Crippen molar-refractivity contribution >= 4 is 50.8 Å². The van der Waals surface area contributed by atoms with Gasteiger partial charge in [0.1, 0.15) is 6.33 Å². The van der Waals surface area contributed by atoms with Gasteiger partial charge >= 0.3 is 6.09 Å². The Morgan fingerprint density at radius 2 is 2.00 bits per heavy atom. The number of piperidine rings is 1. The van der Waals surface area contributed by atoms with Crippen LogP contribution in [0.25, 0.3) is 11.2 Å². The van der Waals surface area contributed by atoms with E-state index in [1.807, 2.05) is 12.1 Å². The Morgan fingerprint density at radius 3 is 2.67 bits per heavy atom. The Hall–Kier alpha value is -2.73. The highest BCUT2D eigenvalue weighted by Gasteiger charge is 2.54. The largest absolute Gasteiger partial charge is 0.465 e. The molecule has 0 spiro atoms. The number of ether oxygens (including phenoxy) is 2. The zero-order valence-corrected chi connectivity index (χ0v) is 25.3. The maximum Gasteiger partial charge on any atom is 0.407 e. The maximum absolute atomic E-state index is 12.3. The number of nitrogens with two attached hydrogens (primary N) is 1. The summed E-state index contributed by atoms with van der Waals surface area (Å²) in [7, 11) is 0. The number of fused-ring (bicyclic) bond motifs is 2. The van der Waals surface area contributed by atoms with Gasteiger partial charge in [-0.3, -0.25) is 0 Å². The molecule has 10 nitrogen and oxygen atoms in total. The molecule has 3 aromatic rings. The Labute approximate surface area is 240 Å². The highest BCUT2D eigenvalue weighted by Crippen LogP contribution is 2.50. The number of halogens is 1. The SMILES string of the molecule is CC(C)[C@@]1(C(C)(C)C)C[C@H](CCn2c(Sc3cc4c(cc3Br)OCO4)nc3c(N)ncnc32)CCN1C(=O)O. The van der Waals surface area contributed by atoms with Gasteiger partial charge in [-0.05, 0) is 64.6 Å². The summed E-state index contributed by atoms with van der Waals surface area (Å²) >= 11 is 5.16. The van der Waals surface area contributed by atoms with Gasteiger partial charge in [0.05, 0.1) is 5.54 Å². The predicted molar refractivity (Wildman–Crippen MR) is 153 cm³/mol. The standard InChI is InChI=1S/C27H35BrN6O4S/c1-15(2)27(26(3,4)5)12-16(7-9-34(27)25(35)36)6-8-33-23-21(22(29)30-13-31-23)32-24(33)39-20-11-19-18(10-17(20)28)37-14-38-19/h10-11,13,15-16H,6-9,12,14H2,1-5H3,(H,35,36)(H2,29,30,31)/t16-,27-/m1/s1. The van der Waals surface area contributed by atoms with E-state index in [9.17, 15) is 9.90 Å². The van der Waals surface area contributed by atoms with E-state index in [1.54, 1.807) is 4.90 Å². The van der Waals surface area contributed by atoms with Crippen LogP contribution < -0.4 is 15.2 Å². The number of carboxylic acid groups (broad SMARTS) is 1. The molecule has 1 aromatic carbocycles. The number of likely N-dealkylation sites (tertiary alicyclic amines) is 1. The molecule has 0 unspecified atom stereocenters. The van der Waals surface area contributed by atoms with Gasteiger partial charge in [0, 0.05) is 22.5 Å². The number of anilines is 1. The molecule has 0 aliphatic carbocycles. The van der Waals surface area contributed by atoms with E-state index in [4.69, 9.17) is 20.2 Å². The third kappa shape index (κ3) is 4.90. The van der Waals surface area contributed by atoms with Crippen molar-refractivity contribution < 1.29 is 19.4 Å². The minimum Gasteiger partial charge on any atom is -0.465 e. The molecule has 1 fully saturated rings. The summed E-state index contributed by atoms with van der Waals surface area (Å²) < 4.78 is 14.1. The van der Waals surface area contributed by atoms with Crippen LogP contribution in [-0.4, -0.2) is 54.5 Å². The van der Waals surface area contributed by atoms with E-state index >= 15 is 0 Å². The maximum atomic E-state index is 12.3. The number of hydrogen-bond donors (Lipinski definition) is 2. The van der Waals surface area contributed by atoms with Crippen molar-refractivity contribution in [3.63, 3.8) is 0 Å². The summed E-state index contributed by atoms with van der Waals surface area (Å²) in [5.74, 6) is 2.25. The first-order chi connectivity index (χ1) is 18.4. The number of imidazole rings is 1. The fourth-order valence-corrected chi connectivity index (χ4v) is 7.91. The molecule has 0 bridgehead atoms. The highest BCUT2D eigenvalue weighted by atomic mass is 79.9. The summed E-state index contributed by atoms with van der Waals surface area (Å²) in [5, 5.41) is 10.9. The molecular formula is C27H35BrN6O4S. The minimum absolute atomic E-state index is 0.174. The number of hydrogen-bond acceptors (Lipinski definition) is 8. The molecule has 5 rings (SSSR count). The first-order valence-electron chi connectivity index (χ1n) is 13.2. The first-order valence-corrected chi connectivity index (χ1v) is 14.8. The first kappa shape index (κ1) is 27.8. The Morgan fingerprint density at radius 1 is 1.28 bits per heavy atom. The van der Waals surface area contributed by atoms with Gasteiger partial charge in [-0.2, -0.15) is 0 Å². The van der Waals surface area contributed by atoms with Crippen LogP contribution in [0.2, 0.25) is 0 Å². The van der Waals surface area contributed by atoms with Crippen molar-refractivity contribution in [3.05, 3.63) is 22.9 Å². The van der Waals surface area contributed by atoms with E-state index in [2.05, 4.69) is 65.1 Å². The zero-order valence-electron chi connectivity index (χ0n) is 22.9. The lowest BCUT2D eigenvalue weighted by molar-refractivity contribution is -0.0740. The summed E-state index contributed by atoms with van der Waals surface area (Å²) in [6.07, 6.45) is 3.12. The molecule has 4 heterocycles. The second kappa shape index (κ2) is 10.3. The molecule has 3 N–H and O–H groups in total. The molecule has 210 valence electrons. The number of aromatic nitrogens is 4. The van der Waals surface area contributed by atoms with Gasteiger partial charge in [0.2, 0.25) is 6.79 Å². The van der Waals surface area contributed by atoms with Gasteiger partial charge in [0.25, 0.3) is 0 Å². The molecule has 2 aliphatic heterocycles. The third-order valence-corrected chi connectivity index (χ3v) is 10.2. The molecule has 0 saturated carbocycles. The number of carbonyl (C=O) groups is 1. The van der Waals surface area contributed by atoms with Crippen LogP contribution in [0.15, 0.2) is 33.0 Å². The number of amides is 1. The summed E-state index contributed by atoms with van der Waals surface area (Å²) in [6.45, 7) is 12.2. The Balaban J connectivity index is 1.45. The van der Waals surface area contributed by atoms with Crippen LogP contribution in [0, 0.1) is 17.3 Å². The lowest BCUT2D eigenvalue weighted by atomic mass is 9.60. The average molecular weight is 620 g/mol. The van der Waals surface area contributed by atoms with E-state index in [0.29, 0.717) is 47.5 Å². The molecule has 39 heavy (non-hydrogen) atoms. The fourth-order valence-electron chi connectivity index (χ4n) is 6.40. The molecule has 2 aliphatic rings. The summed E-state index contributed by atoms with van der Waals surface area (Å²) in [5.41, 5.74) is 6.78. The van der Waals surface area contributed by atoms with Crippen LogP contribution in [0.5, 0.6) is 11.5 Å². The molecule has 1 saturated heterocycles. The van der Waals surface area contributed by atoms with Crippen molar-refractivity contribution in [2.24, 2.45) is 17.3 Å². The van der Waals surface area contributed by atoms with Gasteiger partial charge in [-0.1, -0.05) is 46.4 Å². The summed E-state index contributed by atoms with van der Waals surface area (Å²) in [4.78, 5) is 28.5. The molecule has 0 radical (unpaired) electrons. The van der Waals surface area contributed by atoms with Crippen molar-refractivity contribution in [1.29, 1.82) is 0 Å². The number of benzene rings is 1. The van der Waals surface area contributed by atoms with Crippen LogP contribution in [0.1, 0.15) is 53.9 Å². The van der Waals surface area contributed by atoms with Crippen LogP contribution in [-0.2, 0) is 6.54 Å². The van der Waals surface area contributed by atoms with Crippen molar-refractivity contribution in [3.8, 4) is 11.5 Å². The minimum atomic E-state index is -0.835. The number of nitrogen functional groups attached to an aromatic ring is 1. The quantitative estimate of drug-likeness (QED) is 0.328. The highest BCUT2D eigenvalue weighted by molar-refractivity contribution is 9.10. The Bertz CT molecular complexity index is 1410. The molecule has 2 atom stereocenters. The lowest BCUT2D eigenvalue weighted by Gasteiger charge is -2.58. The van der Waals surface area contributed by atoms with Crippen LogP contribution in [0.4, 0.5) is 10.6 Å². The number of aryl methyl sites for hydroxylation is 1. The fraction of sp³-hybridized carbons (Fsp3) is 0.556. The monoisotopic (exact) mass is 618 g/mol.